The highest BCUT2D eigenvalue weighted by Crippen LogP contribution is 2.37. The Morgan fingerprint density at radius 3 is 2.41 bits per heavy atom. The molecule has 216 valence electrons. The molecule has 0 unspecified atom stereocenters. The molecular formula is C26H36F3N5O4S. The van der Waals surface area contributed by atoms with Gasteiger partial charge in [0.15, 0.2) is 0 Å². The predicted octanol–water partition coefficient (Wildman–Crippen LogP) is 6.35. The highest BCUT2D eigenvalue weighted by molar-refractivity contribution is 7.09. The zero-order valence-corrected chi connectivity index (χ0v) is 23.6. The molecule has 2 N–H and O–H groups in total. The number of hydrogen-bond donors (Lipinski definition) is 2. The van der Waals surface area contributed by atoms with Crippen molar-refractivity contribution in [3.05, 3.63) is 29.6 Å². The van der Waals surface area contributed by atoms with Gasteiger partial charge in [-0.25, -0.2) is 4.79 Å². The molecule has 1 amide bonds. The number of nitrogens with one attached hydrogen (secondary N) is 1. The molecule has 1 atom stereocenters. The second kappa shape index (κ2) is 12.8. The summed E-state index contributed by atoms with van der Waals surface area (Å²) < 4.78 is 48.2. The average molecular weight is 572 g/mol. The minimum absolute atomic E-state index is 0.0117. The fraction of sp³-hybridized carbons (Fsp3) is 0.615. The third kappa shape index (κ3) is 8.45. The van der Waals surface area contributed by atoms with Crippen molar-refractivity contribution in [3.8, 4) is 0 Å². The number of hydrogen-bond acceptors (Lipinski definition) is 8. The van der Waals surface area contributed by atoms with E-state index < -0.39 is 18.0 Å². The van der Waals surface area contributed by atoms with Gasteiger partial charge in [0.25, 0.3) is 0 Å². The lowest BCUT2D eigenvalue weighted by molar-refractivity contribution is -0.144. The number of carbonyl (C=O) groups excluding carboxylic acids is 1. The average Bonchev–Trinajstić information content (AvgIpc) is 3.31. The summed E-state index contributed by atoms with van der Waals surface area (Å²) >= 11 is 0.611. The maximum atomic E-state index is 13.1. The van der Waals surface area contributed by atoms with Crippen molar-refractivity contribution in [3.63, 3.8) is 0 Å². The maximum Gasteiger partial charge on any atom is 0.452 e. The fourth-order valence-electron chi connectivity index (χ4n) is 4.57. The fourth-order valence-corrected chi connectivity index (χ4v) is 5.17. The summed E-state index contributed by atoms with van der Waals surface area (Å²) in [5.74, 6) is -2.20. The molecule has 0 radical (unpaired) electrons. The first-order valence-corrected chi connectivity index (χ1v) is 13.8. The number of piperidine rings is 1. The highest BCUT2D eigenvalue weighted by Gasteiger charge is 2.36. The van der Waals surface area contributed by atoms with Gasteiger partial charge in [-0.2, -0.15) is 22.5 Å². The first-order valence-electron chi connectivity index (χ1n) is 13.0. The van der Waals surface area contributed by atoms with Gasteiger partial charge < -0.3 is 25.0 Å². The largest absolute Gasteiger partial charge is 0.481 e. The number of nitrogens with zero attached hydrogens (tertiary/aromatic N) is 4. The van der Waals surface area contributed by atoms with Crippen molar-refractivity contribution in [2.24, 2.45) is 5.92 Å². The van der Waals surface area contributed by atoms with Crippen LogP contribution < -0.4 is 10.2 Å². The number of ether oxygens (including phenoxy) is 1. The van der Waals surface area contributed by atoms with E-state index in [2.05, 4.69) is 33.4 Å². The second-order valence-electron chi connectivity index (χ2n) is 10.5. The van der Waals surface area contributed by atoms with Crippen molar-refractivity contribution in [2.45, 2.75) is 78.1 Å². The predicted molar refractivity (Wildman–Crippen MR) is 144 cm³/mol. The smallest absolute Gasteiger partial charge is 0.452 e. The number of benzene rings is 1. The summed E-state index contributed by atoms with van der Waals surface area (Å²) in [5.41, 5.74) is 2.03. The Morgan fingerprint density at radius 2 is 1.87 bits per heavy atom. The molecule has 39 heavy (non-hydrogen) atoms. The van der Waals surface area contributed by atoms with Gasteiger partial charge in [0, 0.05) is 37.2 Å². The zero-order chi connectivity index (χ0) is 28.9. The van der Waals surface area contributed by atoms with Crippen LogP contribution in [0.4, 0.5) is 34.5 Å². The number of rotatable bonds is 10. The molecule has 0 saturated carbocycles. The lowest BCUT2D eigenvalue weighted by Gasteiger charge is -2.41. The molecule has 2 aromatic rings. The molecule has 0 spiro atoms. The molecule has 9 nitrogen and oxygen atoms in total. The summed E-state index contributed by atoms with van der Waals surface area (Å²) in [6, 6.07) is 5.58. The number of alkyl halides is 3. The maximum absolute atomic E-state index is 13.1. The topological polar surface area (TPSA) is 108 Å². The van der Waals surface area contributed by atoms with E-state index in [0.717, 1.165) is 11.3 Å². The van der Waals surface area contributed by atoms with E-state index in [0.29, 0.717) is 49.7 Å². The van der Waals surface area contributed by atoms with Crippen LogP contribution in [-0.2, 0) is 15.7 Å². The van der Waals surface area contributed by atoms with Crippen LogP contribution in [0, 0.1) is 5.92 Å². The van der Waals surface area contributed by atoms with Crippen LogP contribution in [0.1, 0.15) is 71.2 Å². The van der Waals surface area contributed by atoms with Gasteiger partial charge in [-0.3, -0.25) is 4.79 Å². The number of aliphatic carboxylic acids is 1. The van der Waals surface area contributed by atoms with Crippen LogP contribution in [0.25, 0.3) is 0 Å². The molecule has 1 saturated heterocycles. The summed E-state index contributed by atoms with van der Waals surface area (Å²) in [7, 11) is 0. The van der Waals surface area contributed by atoms with Gasteiger partial charge in [0.1, 0.15) is 0 Å². The van der Waals surface area contributed by atoms with Crippen molar-refractivity contribution < 1.29 is 32.6 Å². The number of aromatic nitrogens is 2. The molecule has 1 aromatic carbocycles. The van der Waals surface area contributed by atoms with E-state index in [4.69, 9.17) is 4.74 Å². The lowest BCUT2D eigenvalue weighted by atomic mass is 9.95. The number of carboxylic acids is 1. The van der Waals surface area contributed by atoms with E-state index in [9.17, 15) is 27.9 Å². The minimum atomic E-state index is -4.66. The standard InChI is InChI=1S/C26H36F3N5O4S/c1-15(2)14-34(19-8-10-33(11-9-19)25(37)38-16(3)4)21-7-6-18(17(5)12-22(35)36)13-20(21)30-24-31-23(32-39-24)26(27,28)29/h6-7,13,15-17,19H,8-12,14H2,1-5H3,(H,35,36)(H,30,31,32)/t17-/m1/s1. The van der Waals surface area contributed by atoms with Crippen LogP contribution in [-0.4, -0.2) is 63.2 Å². The van der Waals surface area contributed by atoms with Crippen LogP contribution in [0.2, 0.25) is 0 Å². The molecule has 0 bridgehead atoms. The number of anilines is 3. The second-order valence-corrected chi connectivity index (χ2v) is 11.3. The number of halogens is 3. The van der Waals surface area contributed by atoms with Crippen LogP contribution in [0.5, 0.6) is 0 Å². The Bertz CT molecular complexity index is 1130. The van der Waals surface area contributed by atoms with Crippen molar-refractivity contribution in [1.82, 2.24) is 14.3 Å². The summed E-state index contributed by atoms with van der Waals surface area (Å²) in [6.45, 7) is 11.3. The Morgan fingerprint density at radius 1 is 1.21 bits per heavy atom. The molecule has 0 aliphatic carbocycles. The van der Waals surface area contributed by atoms with E-state index in [-0.39, 0.29) is 41.6 Å². The van der Waals surface area contributed by atoms with Crippen LogP contribution in [0.15, 0.2) is 18.2 Å². The van der Waals surface area contributed by atoms with Crippen molar-refractivity contribution in [1.29, 1.82) is 0 Å². The molecular weight excluding hydrogens is 535 g/mol. The molecule has 1 aliphatic heterocycles. The normalized spacial score (nSPS) is 15.5. The Balaban J connectivity index is 1.94. The minimum Gasteiger partial charge on any atom is -0.481 e. The summed E-state index contributed by atoms with van der Waals surface area (Å²) in [6.07, 6.45) is -3.92. The number of carbonyl (C=O) groups is 2. The molecule has 2 heterocycles. The quantitative estimate of drug-likeness (QED) is 0.340. The van der Waals surface area contributed by atoms with Crippen LogP contribution in [0.3, 0.4) is 0 Å². The summed E-state index contributed by atoms with van der Waals surface area (Å²) in [4.78, 5) is 31.2. The third-order valence-corrected chi connectivity index (χ3v) is 6.99. The van der Waals surface area contributed by atoms with Crippen LogP contribution >= 0.6 is 11.5 Å². The SMILES string of the molecule is CC(C)CN(c1ccc([C@H](C)CC(=O)O)cc1Nc1nc(C(F)(F)F)ns1)C1CCN(C(=O)OC(C)C)CC1. The molecule has 1 aromatic heterocycles. The number of amides is 1. The van der Waals surface area contributed by atoms with Gasteiger partial charge in [0.2, 0.25) is 11.0 Å². The Kier molecular flexibility index (Phi) is 10.0. The summed E-state index contributed by atoms with van der Waals surface area (Å²) in [5, 5.41) is 12.3. The van der Waals surface area contributed by atoms with E-state index >= 15 is 0 Å². The zero-order valence-electron chi connectivity index (χ0n) is 22.8. The van der Waals surface area contributed by atoms with E-state index in [1.165, 1.54) is 0 Å². The first-order chi connectivity index (χ1) is 18.2. The van der Waals surface area contributed by atoms with Crippen molar-refractivity contribution in [2.75, 3.05) is 29.9 Å². The van der Waals surface area contributed by atoms with Gasteiger partial charge >= 0.3 is 18.2 Å². The highest BCUT2D eigenvalue weighted by atomic mass is 32.1. The number of likely N-dealkylation sites (tertiary alicyclic amines) is 1. The molecule has 1 fully saturated rings. The first kappa shape index (κ1) is 30.5. The Labute approximate surface area is 230 Å². The van der Waals surface area contributed by atoms with Gasteiger partial charge in [-0.15, -0.1) is 0 Å². The van der Waals surface area contributed by atoms with Crippen molar-refractivity contribution >= 4 is 40.1 Å². The third-order valence-electron chi connectivity index (χ3n) is 6.36. The molecule has 13 heteroatoms. The number of carboxylic acid groups (broad SMARTS) is 1. The monoisotopic (exact) mass is 571 g/mol. The lowest BCUT2D eigenvalue weighted by Crippen LogP contribution is -2.48. The van der Waals surface area contributed by atoms with Gasteiger partial charge in [-0.1, -0.05) is 26.8 Å². The van der Waals surface area contributed by atoms with Gasteiger partial charge in [-0.05, 0) is 56.2 Å². The molecule has 1 aliphatic rings. The van der Waals surface area contributed by atoms with E-state index in [1.807, 2.05) is 12.1 Å². The molecule has 3 rings (SSSR count). The van der Waals surface area contributed by atoms with Gasteiger partial charge in [0.05, 0.1) is 23.9 Å². The Hall–Kier alpha value is -3.09. The van der Waals surface area contributed by atoms with E-state index in [1.54, 1.807) is 31.7 Å².